The Labute approximate surface area is 139 Å². The summed E-state index contributed by atoms with van der Waals surface area (Å²) in [5, 5.41) is 11.4. The fraction of sp³-hybridized carbons (Fsp3) is 0.333. The summed E-state index contributed by atoms with van der Waals surface area (Å²) in [5.41, 5.74) is 0.970. The highest BCUT2D eigenvalue weighted by Crippen LogP contribution is 2.22. The molecule has 0 saturated carbocycles. The van der Waals surface area contributed by atoms with Crippen LogP contribution in [0.5, 0.6) is 0 Å². The zero-order valence-corrected chi connectivity index (χ0v) is 14.1. The van der Waals surface area contributed by atoms with Crippen LogP contribution in [0.3, 0.4) is 0 Å². The Bertz CT molecular complexity index is 686. The molecule has 1 heterocycles. The van der Waals surface area contributed by atoms with Gasteiger partial charge in [-0.1, -0.05) is 42.1 Å². The Kier molecular flexibility index (Phi) is 5.75. The molecule has 2 rings (SSSR count). The molecule has 0 spiro atoms. The topological polar surface area (TPSA) is 80.1 Å². The SMILES string of the molecule is CNC(=O)CN(C)C(=O)CSc1nnc(-c2ccccc2)n1C. The van der Waals surface area contributed by atoms with Crippen molar-refractivity contribution < 1.29 is 9.59 Å². The molecule has 0 saturated heterocycles. The first-order valence-corrected chi connectivity index (χ1v) is 8.03. The minimum absolute atomic E-state index is 0.0456. The van der Waals surface area contributed by atoms with Gasteiger partial charge in [0.1, 0.15) is 0 Å². The molecule has 23 heavy (non-hydrogen) atoms. The Balaban J connectivity index is 1.98. The first-order chi connectivity index (χ1) is 11.0. The average molecular weight is 333 g/mol. The van der Waals surface area contributed by atoms with Gasteiger partial charge in [-0.25, -0.2) is 0 Å². The number of hydrogen-bond acceptors (Lipinski definition) is 5. The molecule has 2 aromatic rings. The van der Waals surface area contributed by atoms with Gasteiger partial charge in [0.05, 0.1) is 12.3 Å². The predicted molar refractivity (Wildman–Crippen MR) is 88.9 cm³/mol. The Morgan fingerprint density at radius 2 is 1.96 bits per heavy atom. The Morgan fingerprint density at radius 1 is 1.26 bits per heavy atom. The van der Waals surface area contributed by atoms with E-state index >= 15 is 0 Å². The van der Waals surface area contributed by atoms with Gasteiger partial charge in [0.15, 0.2) is 11.0 Å². The highest BCUT2D eigenvalue weighted by atomic mass is 32.2. The summed E-state index contributed by atoms with van der Waals surface area (Å²) in [6.07, 6.45) is 0. The van der Waals surface area contributed by atoms with Crippen LogP contribution in [0.1, 0.15) is 0 Å². The van der Waals surface area contributed by atoms with Crippen molar-refractivity contribution in [2.24, 2.45) is 7.05 Å². The first-order valence-electron chi connectivity index (χ1n) is 7.05. The van der Waals surface area contributed by atoms with E-state index in [-0.39, 0.29) is 24.1 Å². The maximum atomic E-state index is 12.0. The largest absolute Gasteiger partial charge is 0.358 e. The van der Waals surface area contributed by atoms with Gasteiger partial charge in [-0.15, -0.1) is 10.2 Å². The average Bonchev–Trinajstić information content (AvgIpc) is 2.94. The highest BCUT2D eigenvalue weighted by Gasteiger charge is 2.16. The van der Waals surface area contributed by atoms with Crippen molar-refractivity contribution in [3.63, 3.8) is 0 Å². The maximum Gasteiger partial charge on any atom is 0.239 e. The number of carbonyl (C=O) groups excluding carboxylic acids is 2. The third kappa shape index (κ3) is 4.32. The highest BCUT2D eigenvalue weighted by molar-refractivity contribution is 7.99. The minimum atomic E-state index is -0.198. The van der Waals surface area contributed by atoms with Crippen molar-refractivity contribution in [3.8, 4) is 11.4 Å². The van der Waals surface area contributed by atoms with Crippen LogP contribution in [0.2, 0.25) is 0 Å². The summed E-state index contributed by atoms with van der Waals surface area (Å²) in [7, 11) is 5.01. The van der Waals surface area contributed by atoms with Gasteiger partial charge < -0.3 is 14.8 Å². The van der Waals surface area contributed by atoms with Gasteiger partial charge in [0, 0.05) is 26.7 Å². The summed E-state index contributed by atoms with van der Waals surface area (Å²) in [6, 6.07) is 9.74. The minimum Gasteiger partial charge on any atom is -0.358 e. The number of rotatable bonds is 6. The number of hydrogen-bond donors (Lipinski definition) is 1. The van der Waals surface area contributed by atoms with E-state index in [2.05, 4.69) is 15.5 Å². The number of carbonyl (C=O) groups is 2. The molecule has 0 aliphatic heterocycles. The van der Waals surface area contributed by atoms with E-state index in [4.69, 9.17) is 0 Å². The van der Waals surface area contributed by atoms with Gasteiger partial charge in [-0.05, 0) is 0 Å². The molecule has 1 aromatic carbocycles. The monoisotopic (exact) mass is 333 g/mol. The van der Waals surface area contributed by atoms with Crippen molar-refractivity contribution in [1.29, 1.82) is 0 Å². The molecule has 0 unspecified atom stereocenters. The summed E-state index contributed by atoms with van der Waals surface area (Å²) in [4.78, 5) is 24.7. The predicted octanol–water partition coefficient (Wildman–Crippen LogP) is 0.779. The summed E-state index contributed by atoms with van der Waals surface area (Å²) < 4.78 is 1.85. The summed E-state index contributed by atoms with van der Waals surface area (Å²) in [6.45, 7) is 0.0456. The quantitative estimate of drug-likeness (QED) is 0.790. The van der Waals surface area contributed by atoms with Gasteiger partial charge in [0.2, 0.25) is 11.8 Å². The Hall–Kier alpha value is -2.35. The van der Waals surface area contributed by atoms with Crippen molar-refractivity contribution in [3.05, 3.63) is 30.3 Å². The molecule has 1 aromatic heterocycles. The molecular formula is C15H19N5O2S. The van der Waals surface area contributed by atoms with E-state index in [9.17, 15) is 9.59 Å². The zero-order valence-electron chi connectivity index (χ0n) is 13.3. The lowest BCUT2D eigenvalue weighted by Crippen LogP contribution is -2.37. The normalized spacial score (nSPS) is 10.4. The van der Waals surface area contributed by atoms with E-state index in [0.717, 1.165) is 11.4 Å². The molecule has 2 amide bonds. The van der Waals surface area contributed by atoms with E-state index in [1.54, 1.807) is 14.1 Å². The number of amides is 2. The standard InChI is InChI=1S/C15H19N5O2S/c1-16-12(21)9-19(2)13(22)10-23-15-18-17-14(20(15)3)11-7-5-4-6-8-11/h4-8H,9-10H2,1-3H3,(H,16,21). The molecule has 1 N–H and O–H groups in total. The molecule has 8 heteroatoms. The molecule has 0 aliphatic carbocycles. The molecule has 0 fully saturated rings. The van der Waals surface area contributed by atoms with Crippen LogP contribution >= 0.6 is 11.8 Å². The van der Waals surface area contributed by atoms with Crippen LogP contribution in [0.15, 0.2) is 35.5 Å². The van der Waals surface area contributed by atoms with Crippen molar-refractivity contribution in [1.82, 2.24) is 25.0 Å². The molecule has 122 valence electrons. The smallest absolute Gasteiger partial charge is 0.239 e. The summed E-state index contributed by atoms with van der Waals surface area (Å²) >= 11 is 1.30. The number of nitrogens with one attached hydrogen (secondary N) is 1. The van der Waals surface area contributed by atoms with Crippen molar-refractivity contribution >= 4 is 23.6 Å². The maximum absolute atomic E-state index is 12.0. The molecular weight excluding hydrogens is 314 g/mol. The third-order valence-corrected chi connectivity index (χ3v) is 4.28. The number of nitrogens with zero attached hydrogens (tertiary/aromatic N) is 4. The fourth-order valence-electron chi connectivity index (χ4n) is 1.90. The zero-order chi connectivity index (χ0) is 16.8. The lowest BCUT2D eigenvalue weighted by atomic mass is 10.2. The van der Waals surface area contributed by atoms with Crippen LogP contribution in [0.25, 0.3) is 11.4 Å². The van der Waals surface area contributed by atoms with Crippen LogP contribution in [0, 0.1) is 0 Å². The summed E-state index contributed by atoms with van der Waals surface area (Å²) in [5.74, 6) is 0.617. The van der Waals surface area contributed by atoms with E-state index < -0.39 is 0 Å². The van der Waals surface area contributed by atoms with Gasteiger partial charge >= 0.3 is 0 Å². The molecule has 0 aliphatic rings. The van der Waals surface area contributed by atoms with Crippen molar-refractivity contribution in [2.75, 3.05) is 26.4 Å². The number of thioether (sulfide) groups is 1. The molecule has 0 atom stereocenters. The van der Waals surface area contributed by atoms with E-state index in [0.29, 0.717) is 5.16 Å². The molecule has 0 radical (unpaired) electrons. The van der Waals surface area contributed by atoms with Gasteiger partial charge in [-0.3, -0.25) is 9.59 Å². The second kappa shape index (κ2) is 7.77. The van der Waals surface area contributed by atoms with E-state index in [1.807, 2.05) is 41.9 Å². The second-order valence-corrected chi connectivity index (χ2v) is 5.89. The van der Waals surface area contributed by atoms with Crippen molar-refractivity contribution in [2.45, 2.75) is 5.16 Å². The lowest BCUT2D eigenvalue weighted by molar-refractivity contribution is -0.132. The second-order valence-electron chi connectivity index (χ2n) is 4.94. The lowest BCUT2D eigenvalue weighted by Gasteiger charge is -2.15. The van der Waals surface area contributed by atoms with Crippen LogP contribution < -0.4 is 5.32 Å². The van der Waals surface area contributed by atoms with E-state index in [1.165, 1.54) is 16.7 Å². The number of likely N-dealkylation sites (N-methyl/N-ethyl adjacent to an activating group) is 2. The van der Waals surface area contributed by atoms with Crippen LogP contribution in [0.4, 0.5) is 0 Å². The first kappa shape index (κ1) is 17.0. The Morgan fingerprint density at radius 3 is 2.61 bits per heavy atom. The molecule has 0 bridgehead atoms. The van der Waals surface area contributed by atoms with Crippen LogP contribution in [-0.2, 0) is 16.6 Å². The van der Waals surface area contributed by atoms with Gasteiger partial charge in [0.25, 0.3) is 0 Å². The van der Waals surface area contributed by atoms with Crippen LogP contribution in [-0.4, -0.2) is 57.9 Å². The fourth-order valence-corrected chi connectivity index (χ4v) is 2.75. The molecule has 7 nitrogen and oxygen atoms in total. The number of benzene rings is 1. The third-order valence-electron chi connectivity index (χ3n) is 3.28. The van der Waals surface area contributed by atoms with Gasteiger partial charge in [-0.2, -0.15) is 0 Å². The number of aromatic nitrogens is 3.